The van der Waals surface area contributed by atoms with Crippen molar-refractivity contribution < 1.29 is 4.79 Å². The highest BCUT2D eigenvalue weighted by atomic mass is 16.1. The van der Waals surface area contributed by atoms with E-state index in [0.29, 0.717) is 19.0 Å². The highest BCUT2D eigenvalue weighted by Gasteiger charge is 2.19. The van der Waals surface area contributed by atoms with Crippen molar-refractivity contribution in [1.82, 2.24) is 20.1 Å². The largest absolute Gasteiger partial charge is 0.356 e. The molecule has 0 aliphatic carbocycles. The van der Waals surface area contributed by atoms with Crippen LogP contribution in [0.4, 0.5) is 0 Å². The maximum Gasteiger partial charge on any atom is 0.220 e. The maximum absolute atomic E-state index is 11.9. The lowest BCUT2D eigenvalue weighted by atomic mass is 10.1. The van der Waals surface area contributed by atoms with E-state index in [4.69, 9.17) is 0 Å². The van der Waals surface area contributed by atoms with Gasteiger partial charge in [0.2, 0.25) is 5.91 Å². The molecule has 5 nitrogen and oxygen atoms in total. The summed E-state index contributed by atoms with van der Waals surface area (Å²) in [6.07, 6.45) is 6.00. The van der Waals surface area contributed by atoms with Crippen LogP contribution in [0, 0.1) is 0 Å². The van der Waals surface area contributed by atoms with Crippen LogP contribution in [-0.4, -0.2) is 66.5 Å². The molecule has 0 spiro atoms. The fraction of sp³-hybridized carbons (Fsp3) is 0.647. The van der Waals surface area contributed by atoms with E-state index in [1.165, 1.54) is 0 Å². The minimum atomic E-state index is 0.157. The molecule has 0 aromatic carbocycles. The molecule has 1 N–H and O–H groups in total. The van der Waals surface area contributed by atoms with Crippen molar-refractivity contribution in [3.63, 3.8) is 0 Å². The topological polar surface area (TPSA) is 48.5 Å². The van der Waals surface area contributed by atoms with Crippen molar-refractivity contribution >= 4 is 5.91 Å². The summed E-state index contributed by atoms with van der Waals surface area (Å²) in [6.45, 7) is 7.39. The van der Waals surface area contributed by atoms with Crippen molar-refractivity contribution in [3.05, 3.63) is 30.1 Å². The molecule has 0 bridgehead atoms. The first kappa shape index (κ1) is 16.9. The smallest absolute Gasteiger partial charge is 0.220 e. The van der Waals surface area contributed by atoms with Gasteiger partial charge < -0.3 is 10.2 Å². The van der Waals surface area contributed by atoms with Crippen LogP contribution in [-0.2, 0) is 11.2 Å². The van der Waals surface area contributed by atoms with Crippen LogP contribution in [0.3, 0.4) is 0 Å². The van der Waals surface area contributed by atoms with E-state index in [1.807, 2.05) is 18.3 Å². The van der Waals surface area contributed by atoms with Crippen molar-refractivity contribution in [1.29, 1.82) is 0 Å². The van der Waals surface area contributed by atoms with Gasteiger partial charge in [-0.2, -0.15) is 0 Å². The van der Waals surface area contributed by atoms with E-state index in [-0.39, 0.29) is 5.91 Å². The Morgan fingerprint density at radius 2 is 2.14 bits per heavy atom. The molecule has 1 fully saturated rings. The Morgan fingerprint density at radius 3 is 2.82 bits per heavy atom. The van der Waals surface area contributed by atoms with Gasteiger partial charge >= 0.3 is 0 Å². The number of rotatable bonds is 7. The molecule has 2 heterocycles. The van der Waals surface area contributed by atoms with Crippen LogP contribution in [0.25, 0.3) is 0 Å². The number of aromatic nitrogens is 1. The third kappa shape index (κ3) is 5.73. The number of hydrogen-bond donors (Lipinski definition) is 1. The molecule has 5 heteroatoms. The Balaban J connectivity index is 1.59. The number of piperazine rings is 1. The third-order valence-electron chi connectivity index (χ3n) is 4.41. The summed E-state index contributed by atoms with van der Waals surface area (Å²) < 4.78 is 0. The molecule has 2 rings (SSSR count). The number of nitrogens with one attached hydrogen (secondary N) is 1. The highest BCUT2D eigenvalue weighted by Crippen LogP contribution is 2.09. The Labute approximate surface area is 133 Å². The fourth-order valence-electron chi connectivity index (χ4n) is 2.77. The van der Waals surface area contributed by atoms with Crippen LogP contribution in [0.1, 0.15) is 25.3 Å². The Hall–Kier alpha value is -1.46. The Kier molecular flexibility index (Phi) is 6.80. The van der Waals surface area contributed by atoms with Gasteiger partial charge in [-0.15, -0.1) is 0 Å². The summed E-state index contributed by atoms with van der Waals surface area (Å²) in [4.78, 5) is 20.8. The van der Waals surface area contributed by atoms with Gasteiger partial charge in [0.15, 0.2) is 0 Å². The van der Waals surface area contributed by atoms with Crippen molar-refractivity contribution in [2.45, 2.75) is 32.2 Å². The van der Waals surface area contributed by atoms with E-state index < -0.39 is 0 Å². The van der Waals surface area contributed by atoms with Crippen LogP contribution in [0.15, 0.2) is 24.5 Å². The second kappa shape index (κ2) is 8.86. The van der Waals surface area contributed by atoms with Gasteiger partial charge in [-0.25, -0.2) is 0 Å². The van der Waals surface area contributed by atoms with E-state index >= 15 is 0 Å². The summed E-state index contributed by atoms with van der Waals surface area (Å²) in [5.74, 6) is 0.157. The number of amides is 1. The van der Waals surface area contributed by atoms with Crippen molar-refractivity contribution in [2.75, 3.05) is 39.8 Å². The normalized spacial score (nSPS) is 18.1. The lowest BCUT2D eigenvalue weighted by Gasteiger charge is -2.36. The molecule has 1 atom stereocenters. The fourth-order valence-corrected chi connectivity index (χ4v) is 2.77. The quantitative estimate of drug-likeness (QED) is 0.821. The predicted molar refractivity (Wildman–Crippen MR) is 88.7 cm³/mol. The van der Waals surface area contributed by atoms with Gasteiger partial charge in [0.05, 0.1) is 0 Å². The second-order valence-electron chi connectivity index (χ2n) is 6.19. The zero-order valence-electron chi connectivity index (χ0n) is 13.8. The van der Waals surface area contributed by atoms with Crippen LogP contribution < -0.4 is 5.32 Å². The number of nitrogens with zero attached hydrogens (tertiary/aromatic N) is 3. The number of hydrogen-bond acceptors (Lipinski definition) is 4. The third-order valence-corrected chi connectivity index (χ3v) is 4.41. The van der Waals surface area contributed by atoms with Gasteiger partial charge in [0.1, 0.15) is 0 Å². The van der Waals surface area contributed by atoms with Crippen LogP contribution in [0.2, 0.25) is 0 Å². The zero-order chi connectivity index (χ0) is 15.8. The first-order chi connectivity index (χ1) is 10.6. The molecule has 1 aromatic rings. The first-order valence-corrected chi connectivity index (χ1v) is 8.23. The number of pyridine rings is 1. The average Bonchev–Trinajstić information content (AvgIpc) is 2.54. The van der Waals surface area contributed by atoms with Gasteiger partial charge in [-0.05, 0) is 38.4 Å². The summed E-state index contributed by atoms with van der Waals surface area (Å²) >= 11 is 0. The average molecular weight is 304 g/mol. The van der Waals surface area contributed by atoms with Gasteiger partial charge in [0, 0.05) is 57.6 Å². The molecule has 1 aliphatic rings. The molecule has 0 radical (unpaired) electrons. The highest BCUT2D eigenvalue weighted by molar-refractivity contribution is 5.75. The van der Waals surface area contributed by atoms with Crippen LogP contribution in [0.5, 0.6) is 0 Å². The molecule has 22 heavy (non-hydrogen) atoms. The Bertz CT molecular complexity index is 443. The molecule has 1 aliphatic heterocycles. The second-order valence-corrected chi connectivity index (χ2v) is 6.19. The molecule has 1 saturated heterocycles. The summed E-state index contributed by atoms with van der Waals surface area (Å²) in [6, 6.07) is 4.45. The molecule has 122 valence electrons. The molecule has 0 saturated carbocycles. The van der Waals surface area contributed by atoms with Crippen LogP contribution >= 0.6 is 0 Å². The number of likely N-dealkylation sites (N-methyl/N-ethyl adjacent to an activating group) is 1. The molecule has 1 aromatic heterocycles. The standard InChI is InChI=1S/C17H28N4O/c1-15(21-12-10-20(2)11-13-21)5-6-17(22)19-9-7-16-4-3-8-18-14-16/h3-4,8,14-15H,5-7,9-13H2,1-2H3,(H,19,22)/t15-/m1/s1. The van der Waals surface area contributed by atoms with E-state index in [9.17, 15) is 4.79 Å². The SMILES string of the molecule is C[C@H](CCC(=O)NCCc1cccnc1)N1CCN(C)CC1. The van der Waals surface area contributed by atoms with E-state index in [2.05, 4.69) is 34.1 Å². The minimum absolute atomic E-state index is 0.157. The molecule has 0 unspecified atom stereocenters. The van der Waals surface area contributed by atoms with Gasteiger partial charge in [0.25, 0.3) is 0 Å². The number of carbonyl (C=O) groups excluding carboxylic acids is 1. The number of carbonyl (C=O) groups is 1. The monoisotopic (exact) mass is 304 g/mol. The molecular formula is C17H28N4O. The predicted octanol–water partition coefficient (Wildman–Crippen LogP) is 1.16. The molecule has 1 amide bonds. The summed E-state index contributed by atoms with van der Waals surface area (Å²) in [5.41, 5.74) is 1.16. The van der Waals surface area contributed by atoms with Gasteiger partial charge in [-0.3, -0.25) is 14.7 Å². The maximum atomic E-state index is 11.9. The lowest BCUT2D eigenvalue weighted by molar-refractivity contribution is -0.121. The zero-order valence-corrected chi connectivity index (χ0v) is 13.8. The lowest BCUT2D eigenvalue weighted by Crippen LogP contribution is -2.48. The summed E-state index contributed by atoms with van der Waals surface area (Å²) in [5, 5.41) is 3.00. The first-order valence-electron chi connectivity index (χ1n) is 8.23. The molecular weight excluding hydrogens is 276 g/mol. The van der Waals surface area contributed by atoms with Gasteiger partial charge in [-0.1, -0.05) is 6.07 Å². The van der Waals surface area contributed by atoms with Crippen molar-refractivity contribution in [2.24, 2.45) is 0 Å². The Morgan fingerprint density at radius 1 is 1.36 bits per heavy atom. The summed E-state index contributed by atoms with van der Waals surface area (Å²) in [7, 11) is 2.16. The van der Waals surface area contributed by atoms with E-state index in [0.717, 1.165) is 44.6 Å². The van der Waals surface area contributed by atoms with Crippen molar-refractivity contribution in [3.8, 4) is 0 Å². The minimum Gasteiger partial charge on any atom is -0.356 e. The van der Waals surface area contributed by atoms with E-state index in [1.54, 1.807) is 6.20 Å².